The number of carbonyl (C=O) groups excluding carboxylic acids is 2. The van der Waals surface area contributed by atoms with E-state index in [-0.39, 0.29) is 11.9 Å². The third-order valence-corrected chi connectivity index (χ3v) is 5.78. The second-order valence-corrected chi connectivity index (χ2v) is 7.12. The summed E-state index contributed by atoms with van der Waals surface area (Å²) >= 11 is 0. The lowest BCUT2D eigenvalue weighted by Crippen LogP contribution is -2.49. The Morgan fingerprint density at radius 1 is 1.11 bits per heavy atom. The summed E-state index contributed by atoms with van der Waals surface area (Å²) in [6.45, 7) is 2.34. The number of anilines is 1. The number of nitrogens with zero attached hydrogens (tertiary/aromatic N) is 2. The number of benzene rings is 2. The molecule has 6 nitrogen and oxygen atoms in total. The summed E-state index contributed by atoms with van der Waals surface area (Å²) in [4.78, 5) is 32.9. The molecule has 2 aliphatic rings. The third-order valence-electron chi connectivity index (χ3n) is 5.78. The Kier molecular flexibility index (Phi) is 3.16. The molecule has 0 unspecified atom stereocenters. The highest BCUT2D eigenvalue weighted by molar-refractivity contribution is 6.23. The van der Waals surface area contributed by atoms with Gasteiger partial charge in [-0.2, -0.15) is 0 Å². The molecule has 3 aromatic rings. The highest BCUT2D eigenvalue weighted by Crippen LogP contribution is 2.45. The molecule has 136 valence electrons. The van der Waals surface area contributed by atoms with E-state index in [1.165, 1.54) is 4.90 Å². The average Bonchev–Trinajstić information content (AvgIpc) is 3.16. The van der Waals surface area contributed by atoms with Crippen molar-refractivity contribution in [3.8, 4) is 5.75 Å². The van der Waals surface area contributed by atoms with Crippen molar-refractivity contribution >= 4 is 28.5 Å². The fraction of sp³-hybridized carbons (Fsp3) is 0.238. The summed E-state index contributed by atoms with van der Waals surface area (Å²) in [5.74, 6) is 0.551. The van der Waals surface area contributed by atoms with E-state index in [1.54, 1.807) is 24.1 Å². The van der Waals surface area contributed by atoms with E-state index in [4.69, 9.17) is 4.74 Å². The van der Waals surface area contributed by atoms with Crippen LogP contribution >= 0.6 is 0 Å². The first-order valence-corrected chi connectivity index (χ1v) is 8.96. The van der Waals surface area contributed by atoms with Crippen LogP contribution in [0.4, 0.5) is 10.5 Å². The Balaban J connectivity index is 1.70. The smallest absolute Gasteiger partial charge is 0.332 e. The number of aromatic nitrogens is 1. The van der Waals surface area contributed by atoms with Crippen molar-refractivity contribution in [1.29, 1.82) is 0 Å². The molecular formula is C21H19N3O3. The van der Waals surface area contributed by atoms with Crippen molar-refractivity contribution in [2.75, 3.05) is 18.6 Å². The van der Waals surface area contributed by atoms with E-state index in [0.717, 1.165) is 27.9 Å². The predicted octanol–water partition coefficient (Wildman–Crippen LogP) is 3.42. The summed E-state index contributed by atoms with van der Waals surface area (Å²) in [6.07, 6.45) is 0.694. The summed E-state index contributed by atoms with van der Waals surface area (Å²) in [7, 11) is 1.64. The van der Waals surface area contributed by atoms with Crippen LogP contribution in [0.5, 0.6) is 5.75 Å². The van der Waals surface area contributed by atoms with Crippen molar-refractivity contribution in [3.63, 3.8) is 0 Å². The quantitative estimate of drug-likeness (QED) is 0.712. The SMILES string of the molecule is COc1ccc2[nH]c3c(c2c1)CCN1C(=O)N(c2ccccc2)C(=O)[C@]31C. The molecule has 5 rings (SSSR count). The first-order chi connectivity index (χ1) is 13.1. The Morgan fingerprint density at radius 3 is 2.63 bits per heavy atom. The molecule has 6 heteroatoms. The number of fused-ring (bicyclic) bond motifs is 5. The molecule has 1 saturated heterocycles. The first-order valence-electron chi connectivity index (χ1n) is 8.96. The number of rotatable bonds is 2. The maximum atomic E-state index is 13.5. The van der Waals surface area contributed by atoms with E-state index in [9.17, 15) is 9.59 Å². The van der Waals surface area contributed by atoms with E-state index in [2.05, 4.69) is 4.98 Å². The molecule has 3 heterocycles. The van der Waals surface area contributed by atoms with Crippen LogP contribution in [0.1, 0.15) is 18.2 Å². The molecule has 3 amide bonds. The molecule has 27 heavy (non-hydrogen) atoms. The van der Waals surface area contributed by atoms with Crippen LogP contribution in [0.25, 0.3) is 10.9 Å². The average molecular weight is 361 g/mol. The van der Waals surface area contributed by atoms with Gasteiger partial charge in [-0.25, -0.2) is 9.69 Å². The molecule has 2 aliphatic heterocycles. The van der Waals surface area contributed by atoms with Crippen LogP contribution in [-0.4, -0.2) is 35.5 Å². The molecule has 0 radical (unpaired) electrons. The molecule has 1 aromatic heterocycles. The zero-order valence-corrected chi connectivity index (χ0v) is 15.2. The van der Waals surface area contributed by atoms with Gasteiger partial charge in [0, 0.05) is 17.4 Å². The summed E-state index contributed by atoms with van der Waals surface area (Å²) in [5, 5.41) is 1.05. The van der Waals surface area contributed by atoms with Gasteiger partial charge in [-0.05, 0) is 49.2 Å². The number of amides is 3. The normalized spacial score (nSPS) is 21.6. The maximum Gasteiger partial charge on any atom is 0.332 e. The number of hydrogen-bond acceptors (Lipinski definition) is 3. The maximum absolute atomic E-state index is 13.5. The molecule has 0 spiro atoms. The van der Waals surface area contributed by atoms with E-state index < -0.39 is 5.54 Å². The van der Waals surface area contributed by atoms with E-state index in [1.807, 2.05) is 43.3 Å². The van der Waals surface area contributed by atoms with Crippen molar-refractivity contribution in [3.05, 3.63) is 59.8 Å². The van der Waals surface area contributed by atoms with Crippen LogP contribution in [0.2, 0.25) is 0 Å². The molecule has 0 saturated carbocycles. The zero-order valence-electron chi connectivity index (χ0n) is 15.2. The van der Waals surface area contributed by atoms with E-state index in [0.29, 0.717) is 18.7 Å². The molecule has 1 N–H and O–H groups in total. The van der Waals surface area contributed by atoms with Gasteiger partial charge in [0.05, 0.1) is 18.5 Å². The number of carbonyl (C=O) groups is 2. The number of ether oxygens (including phenoxy) is 1. The molecule has 1 atom stereocenters. The summed E-state index contributed by atoms with van der Waals surface area (Å²) < 4.78 is 5.35. The monoisotopic (exact) mass is 361 g/mol. The topological polar surface area (TPSA) is 65.6 Å². The fourth-order valence-corrected chi connectivity index (χ4v) is 4.35. The Labute approximate surface area is 156 Å². The highest BCUT2D eigenvalue weighted by atomic mass is 16.5. The van der Waals surface area contributed by atoms with E-state index >= 15 is 0 Å². The lowest BCUT2D eigenvalue weighted by Gasteiger charge is -2.35. The van der Waals surface area contributed by atoms with Gasteiger partial charge in [0.15, 0.2) is 5.54 Å². The van der Waals surface area contributed by atoms with Crippen LogP contribution in [0.3, 0.4) is 0 Å². The largest absolute Gasteiger partial charge is 0.497 e. The molecule has 0 aliphatic carbocycles. The Bertz CT molecular complexity index is 1090. The Morgan fingerprint density at radius 2 is 1.89 bits per heavy atom. The second kappa shape index (κ2) is 5.36. The van der Waals surface area contributed by atoms with Gasteiger partial charge in [-0.3, -0.25) is 4.79 Å². The number of aromatic amines is 1. The number of nitrogens with one attached hydrogen (secondary N) is 1. The second-order valence-electron chi connectivity index (χ2n) is 7.12. The van der Waals surface area contributed by atoms with Crippen LogP contribution < -0.4 is 9.64 Å². The third kappa shape index (κ3) is 1.95. The standard InChI is InChI=1S/C21H19N3O3/c1-21-18-15(16-12-14(27-2)8-9-17(16)22-18)10-11-23(21)20(26)24(19(21)25)13-6-4-3-5-7-13/h3-9,12,22H,10-11H2,1-2H3/t21-/m0/s1. The van der Waals surface area contributed by atoms with Crippen LogP contribution in [0, 0.1) is 0 Å². The number of methoxy groups -OCH3 is 1. The predicted molar refractivity (Wildman–Crippen MR) is 102 cm³/mol. The Hall–Kier alpha value is -3.28. The molecule has 1 fully saturated rings. The van der Waals surface area contributed by atoms with Gasteiger partial charge in [0.1, 0.15) is 5.75 Å². The highest BCUT2D eigenvalue weighted by Gasteiger charge is 2.58. The van der Waals surface area contributed by atoms with Gasteiger partial charge in [0.2, 0.25) is 0 Å². The fourth-order valence-electron chi connectivity index (χ4n) is 4.35. The van der Waals surface area contributed by atoms with Crippen LogP contribution in [0.15, 0.2) is 48.5 Å². The van der Waals surface area contributed by atoms with Gasteiger partial charge >= 0.3 is 6.03 Å². The minimum atomic E-state index is -1.03. The zero-order chi connectivity index (χ0) is 18.8. The molecule has 2 aromatic carbocycles. The van der Waals surface area contributed by atoms with Crippen molar-refractivity contribution in [2.45, 2.75) is 18.9 Å². The van der Waals surface area contributed by atoms with Crippen molar-refractivity contribution in [2.24, 2.45) is 0 Å². The lowest BCUT2D eigenvalue weighted by atomic mass is 9.87. The number of hydrogen-bond donors (Lipinski definition) is 1. The number of urea groups is 1. The summed E-state index contributed by atoms with van der Waals surface area (Å²) in [5.41, 5.74) is 2.39. The lowest BCUT2D eigenvalue weighted by molar-refractivity contribution is -0.125. The van der Waals surface area contributed by atoms with Crippen molar-refractivity contribution in [1.82, 2.24) is 9.88 Å². The van der Waals surface area contributed by atoms with Crippen LogP contribution in [-0.2, 0) is 16.8 Å². The minimum absolute atomic E-state index is 0.224. The minimum Gasteiger partial charge on any atom is -0.497 e. The number of para-hydroxylation sites is 1. The number of imide groups is 1. The molecule has 0 bridgehead atoms. The molecular weight excluding hydrogens is 342 g/mol. The number of H-pyrrole nitrogens is 1. The summed E-state index contributed by atoms with van der Waals surface area (Å²) in [6, 6.07) is 14.7. The van der Waals surface area contributed by atoms with Gasteiger partial charge in [-0.1, -0.05) is 18.2 Å². The van der Waals surface area contributed by atoms with Gasteiger partial charge in [-0.15, -0.1) is 0 Å². The van der Waals surface area contributed by atoms with Gasteiger partial charge < -0.3 is 14.6 Å². The van der Waals surface area contributed by atoms with Crippen molar-refractivity contribution < 1.29 is 14.3 Å². The first kappa shape index (κ1) is 15.9. The van der Waals surface area contributed by atoms with Gasteiger partial charge in [0.25, 0.3) is 5.91 Å².